The minimum atomic E-state index is 0.537. The summed E-state index contributed by atoms with van der Waals surface area (Å²) in [5.41, 5.74) is 3.44. The quantitative estimate of drug-likeness (QED) is 0.817. The first kappa shape index (κ1) is 16.0. The summed E-state index contributed by atoms with van der Waals surface area (Å²) in [4.78, 5) is 4.58. The molecule has 0 aliphatic carbocycles. The van der Waals surface area contributed by atoms with Gasteiger partial charge < -0.3 is 10.1 Å². The fourth-order valence-electron chi connectivity index (χ4n) is 2.12. The smallest absolute Gasteiger partial charge is 0.214 e. The van der Waals surface area contributed by atoms with Crippen LogP contribution < -0.4 is 10.1 Å². The fourth-order valence-corrected chi connectivity index (χ4v) is 2.39. The van der Waals surface area contributed by atoms with Crippen molar-refractivity contribution in [1.82, 2.24) is 10.3 Å². The number of aromatic nitrogens is 1. The fraction of sp³-hybridized carbons (Fsp3) is 0.353. The van der Waals surface area contributed by atoms with Crippen LogP contribution in [0, 0.1) is 0 Å². The van der Waals surface area contributed by atoms with Crippen LogP contribution in [0.2, 0.25) is 0 Å². The number of hydrogen-bond acceptors (Lipinski definition) is 3. The van der Waals surface area contributed by atoms with E-state index < -0.39 is 0 Å². The van der Waals surface area contributed by atoms with Gasteiger partial charge in [-0.05, 0) is 42.8 Å². The molecule has 0 aliphatic heterocycles. The number of benzene rings is 1. The molecule has 0 radical (unpaired) electrons. The lowest BCUT2D eigenvalue weighted by molar-refractivity contribution is 0.292. The van der Waals surface area contributed by atoms with Crippen molar-refractivity contribution in [3.05, 3.63) is 57.7 Å². The Hall–Kier alpha value is -1.39. The van der Waals surface area contributed by atoms with Crippen molar-refractivity contribution in [1.29, 1.82) is 0 Å². The molecule has 1 N–H and O–H groups in total. The van der Waals surface area contributed by atoms with Gasteiger partial charge in [0.25, 0.3) is 0 Å². The molecule has 2 aromatic rings. The zero-order chi connectivity index (χ0) is 15.1. The van der Waals surface area contributed by atoms with Crippen LogP contribution in [0.5, 0.6) is 5.88 Å². The van der Waals surface area contributed by atoms with Crippen molar-refractivity contribution in [2.45, 2.75) is 32.9 Å². The highest BCUT2D eigenvalue weighted by atomic mass is 79.9. The molecule has 21 heavy (non-hydrogen) atoms. The van der Waals surface area contributed by atoms with E-state index in [2.05, 4.69) is 51.4 Å². The predicted octanol–water partition coefficient (Wildman–Crippen LogP) is 4.10. The number of nitrogens with one attached hydrogen (secondary N) is 1. The van der Waals surface area contributed by atoms with Crippen molar-refractivity contribution in [2.75, 3.05) is 7.05 Å². The second-order valence-electron chi connectivity index (χ2n) is 5.00. The largest absolute Gasteiger partial charge is 0.473 e. The molecule has 1 aromatic carbocycles. The SMILES string of the molecule is CCCc1cc(CNC)cc(OCc2ccc(Br)cc2)n1. The highest BCUT2D eigenvalue weighted by molar-refractivity contribution is 9.10. The summed E-state index contributed by atoms with van der Waals surface area (Å²) in [5, 5.41) is 3.17. The second-order valence-corrected chi connectivity index (χ2v) is 5.92. The molecule has 112 valence electrons. The van der Waals surface area contributed by atoms with Crippen LogP contribution in [0.25, 0.3) is 0 Å². The minimum Gasteiger partial charge on any atom is -0.473 e. The summed E-state index contributed by atoms with van der Waals surface area (Å²) in [6.07, 6.45) is 2.06. The Morgan fingerprint density at radius 3 is 2.57 bits per heavy atom. The molecular formula is C17H21BrN2O. The van der Waals surface area contributed by atoms with Crippen LogP contribution in [0.4, 0.5) is 0 Å². The van der Waals surface area contributed by atoms with E-state index in [0.717, 1.165) is 35.1 Å². The molecule has 0 spiro atoms. The van der Waals surface area contributed by atoms with Gasteiger partial charge in [-0.15, -0.1) is 0 Å². The van der Waals surface area contributed by atoms with E-state index in [0.29, 0.717) is 12.5 Å². The lowest BCUT2D eigenvalue weighted by atomic mass is 10.1. The van der Waals surface area contributed by atoms with Gasteiger partial charge in [-0.2, -0.15) is 0 Å². The van der Waals surface area contributed by atoms with Gasteiger partial charge in [0.05, 0.1) is 0 Å². The average Bonchev–Trinajstić information content (AvgIpc) is 2.47. The van der Waals surface area contributed by atoms with Gasteiger partial charge in [-0.25, -0.2) is 4.98 Å². The van der Waals surface area contributed by atoms with Gasteiger partial charge in [-0.1, -0.05) is 41.4 Å². The summed E-state index contributed by atoms with van der Waals surface area (Å²) in [5.74, 6) is 0.703. The number of hydrogen-bond donors (Lipinski definition) is 1. The van der Waals surface area contributed by atoms with E-state index >= 15 is 0 Å². The maximum Gasteiger partial charge on any atom is 0.214 e. The molecule has 3 nitrogen and oxygen atoms in total. The normalized spacial score (nSPS) is 10.6. The molecule has 1 heterocycles. The molecule has 0 fully saturated rings. The Morgan fingerprint density at radius 2 is 1.90 bits per heavy atom. The number of nitrogens with zero attached hydrogens (tertiary/aromatic N) is 1. The lowest BCUT2D eigenvalue weighted by Crippen LogP contribution is -2.07. The third-order valence-electron chi connectivity index (χ3n) is 3.10. The number of ether oxygens (including phenoxy) is 1. The first-order valence-corrected chi connectivity index (χ1v) is 8.02. The van der Waals surface area contributed by atoms with Crippen molar-refractivity contribution in [3.8, 4) is 5.88 Å². The van der Waals surface area contributed by atoms with Crippen molar-refractivity contribution >= 4 is 15.9 Å². The van der Waals surface area contributed by atoms with Crippen LogP contribution in [-0.2, 0) is 19.6 Å². The number of aryl methyl sites for hydroxylation is 1. The summed E-state index contributed by atoms with van der Waals surface area (Å²) in [7, 11) is 1.95. The zero-order valence-electron chi connectivity index (χ0n) is 12.5. The maximum atomic E-state index is 5.85. The zero-order valence-corrected chi connectivity index (χ0v) is 14.1. The van der Waals surface area contributed by atoms with Gasteiger partial charge in [0.2, 0.25) is 5.88 Å². The number of halogens is 1. The molecule has 0 saturated carbocycles. The number of rotatable bonds is 7. The Morgan fingerprint density at radius 1 is 1.14 bits per heavy atom. The van der Waals surface area contributed by atoms with Crippen LogP contribution in [-0.4, -0.2) is 12.0 Å². The summed E-state index contributed by atoms with van der Waals surface area (Å²) in [6.45, 7) is 3.53. The standard InChI is InChI=1S/C17H21BrN2O/c1-3-4-16-9-14(11-19-2)10-17(20-16)21-12-13-5-7-15(18)8-6-13/h5-10,19H,3-4,11-12H2,1-2H3. The van der Waals surface area contributed by atoms with E-state index in [-0.39, 0.29) is 0 Å². The molecule has 0 saturated heterocycles. The topological polar surface area (TPSA) is 34.1 Å². The Labute approximate surface area is 134 Å². The van der Waals surface area contributed by atoms with Gasteiger partial charge in [0.1, 0.15) is 6.61 Å². The van der Waals surface area contributed by atoms with Gasteiger partial charge >= 0.3 is 0 Å². The predicted molar refractivity (Wildman–Crippen MR) is 89.5 cm³/mol. The third kappa shape index (κ3) is 5.14. The third-order valence-corrected chi connectivity index (χ3v) is 3.63. The molecule has 0 amide bonds. The van der Waals surface area contributed by atoms with E-state index in [1.807, 2.05) is 25.2 Å². The van der Waals surface area contributed by atoms with E-state index in [1.54, 1.807) is 0 Å². The Bertz CT molecular complexity index is 545. The average molecular weight is 349 g/mol. The highest BCUT2D eigenvalue weighted by Crippen LogP contribution is 2.17. The molecular weight excluding hydrogens is 328 g/mol. The van der Waals surface area contributed by atoms with E-state index in [4.69, 9.17) is 4.74 Å². The van der Waals surface area contributed by atoms with Crippen LogP contribution >= 0.6 is 15.9 Å². The monoisotopic (exact) mass is 348 g/mol. The van der Waals surface area contributed by atoms with Crippen LogP contribution in [0.1, 0.15) is 30.2 Å². The maximum absolute atomic E-state index is 5.85. The lowest BCUT2D eigenvalue weighted by Gasteiger charge is -2.10. The second kappa shape index (κ2) is 8.15. The highest BCUT2D eigenvalue weighted by Gasteiger charge is 2.04. The van der Waals surface area contributed by atoms with E-state index in [9.17, 15) is 0 Å². The van der Waals surface area contributed by atoms with Crippen molar-refractivity contribution in [3.63, 3.8) is 0 Å². The molecule has 4 heteroatoms. The molecule has 2 rings (SSSR count). The van der Waals surface area contributed by atoms with Crippen molar-refractivity contribution < 1.29 is 4.74 Å². The van der Waals surface area contributed by atoms with Gasteiger partial charge in [0.15, 0.2) is 0 Å². The molecule has 0 unspecified atom stereocenters. The summed E-state index contributed by atoms with van der Waals surface area (Å²) in [6, 6.07) is 12.3. The number of pyridine rings is 1. The molecule has 0 aliphatic rings. The first-order valence-electron chi connectivity index (χ1n) is 7.23. The Kier molecular flexibility index (Phi) is 6.21. The first-order chi connectivity index (χ1) is 10.2. The Balaban J connectivity index is 2.08. The van der Waals surface area contributed by atoms with E-state index in [1.165, 1.54) is 5.56 Å². The molecule has 0 bridgehead atoms. The molecule has 0 atom stereocenters. The summed E-state index contributed by atoms with van der Waals surface area (Å²) >= 11 is 3.43. The van der Waals surface area contributed by atoms with Gasteiger partial charge in [-0.3, -0.25) is 0 Å². The summed E-state index contributed by atoms with van der Waals surface area (Å²) < 4.78 is 6.93. The van der Waals surface area contributed by atoms with Crippen LogP contribution in [0.15, 0.2) is 40.9 Å². The van der Waals surface area contributed by atoms with Gasteiger partial charge in [0, 0.05) is 22.8 Å². The minimum absolute atomic E-state index is 0.537. The molecule has 1 aromatic heterocycles. The van der Waals surface area contributed by atoms with Crippen LogP contribution in [0.3, 0.4) is 0 Å². The van der Waals surface area contributed by atoms with Crippen molar-refractivity contribution in [2.24, 2.45) is 0 Å².